The maximum absolute atomic E-state index is 11.6. The van der Waals surface area contributed by atoms with E-state index in [1.54, 1.807) is 11.4 Å². The smallest absolute Gasteiger partial charge is 0.217 e. The molecule has 0 aromatic carbocycles. The Morgan fingerprint density at radius 1 is 1.54 bits per heavy atom. The monoisotopic (exact) mass is 230 g/mol. The third kappa shape index (κ3) is 1.63. The minimum atomic E-state index is -0.102. The molecule has 0 radical (unpaired) electrons. The number of hydrogen-bond acceptors (Lipinski definition) is 5. The normalized spacial score (nSPS) is 10.2. The first-order chi connectivity index (χ1) is 6.29. The third-order valence-corrected chi connectivity index (χ3v) is 3.41. The minimum absolute atomic E-state index is 0.102. The molecule has 66 valence electrons. The molecule has 0 saturated heterocycles. The average Bonchev–Trinajstić information content (AvgIpc) is 2.72. The van der Waals surface area contributed by atoms with Crippen LogP contribution in [0.4, 0.5) is 0 Å². The fourth-order valence-corrected chi connectivity index (χ4v) is 2.46. The molecule has 2 heterocycles. The summed E-state index contributed by atoms with van der Waals surface area (Å²) in [6.45, 7) is 0. The lowest BCUT2D eigenvalue weighted by atomic mass is 10.3. The fourth-order valence-electron chi connectivity index (χ4n) is 0.835. The van der Waals surface area contributed by atoms with Gasteiger partial charge in [-0.1, -0.05) is 16.1 Å². The van der Waals surface area contributed by atoms with E-state index in [2.05, 4.69) is 9.59 Å². The lowest BCUT2D eigenvalue weighted by Gasteiger charge is -1.91. The largest absolute Gasteiger partial charge is 0.287 e. The first-order valence-electron chi connectivity index (χ1n) is 3.34. The number of hydrogen-bond donors (Lipinski definition) is 0. The van der Waals surface area contributed by atoms with Gasteiger partial charge in [0.1, 0.15) is 4.88 Å². The number of ketones is 1. The van der Waals surface area contributed by atoms with E-state index in [0.29, 0.717) is 14.8 Å². The van der Waals surface area contributed by atoms with E-state index in [-0.39, 0.29) is 5.78 Å². The summed E-state index contributed by atoms with van der Waals surface area (Å²) in [5.41, 5.74) is 0. The zero-order chi connectivity index (χ0) is 9.26. The Morgan fingerprint density at radius 3 is 2.92 bits per heavy atom. The van der Waals surface area contributed by atoms with Crippen LogP contribution < -0.4 is 0 Å². The number of carbonyl (C=O) groups is 1. The molecule has 3 nitrogen and oxygen atoms in total. The quantitative estimate of drug-likeness (QED) is 0.745. The summed E-state index contributed by atoms with van der Waals surface area (Å²) in [4.78, 5) is 12.7. The topological polar surface area (TPSA) is 42.9 Å². The Bertz CT molecular complexity index is 423. The van der Waals surface area contributed by atoms with Crippen LogP contribution in [0.5, 0.6) is 0 Å². The van der Waals surface area contributed by atoms with Crippen molar-refractivity contribution in [3.05, 3.63) is 32.4 Å². The highest BCUT2D eigenvalue weighted by Crippen LogP contribution is 2.25. The van der Waals surface area contributed by atoms with Gasteiger partial charge in [-0.2, -0.15) is 0 Å². The van der Waals surface area contributed by atoms with Crippen molar-refractivity contribution >= 4 is 40.3 Å². The van der Waals surface area contributed by atoms with Crippen LogP contribution in [0.1, 0.15) is 14.5 Å². The molecule has 0 N–H and O–H groups in total. The van der Waals surface area contributed by atoms with Gasteiger partial charge in [0.25, 0.3) is 0 Å². The summed E-state index contributed by atoms with van der Waals surface area (Å²) >= 11 is 8.21. The molecule has 2 aromatic rings. The highest BCUT2D eigenvalue weighted by Gasteiger charge is 2.15. The molecule has 0 amide bonds. The number of halogens is 1. The van der Waals surface area contributed by atoms with Gasteiger partial charge in [0.05, 0.1) is 16.1 Å². The van der Waals surface area contributed by atoms with E-state index in [1.807, 2.05) is 0 Å². The molecule has 13 heavy (non-hydrogen) atoms. The number of rotatable bonds is 2. The van der Waals surface area contributed by atoms with E-state index >= 15 is 0 Å². The SMILES string of the molecule is O=C(c1cnns1)c1sccc1Cl. The van der Waals surface area contributed by atoms with Crippen LogP contribution in [0.15, 0.2) is 17.6 Å². The van der Waals surface area contributed by atoms with Gasteiger partial charge in [-0.05, 0) is 23.0 Å². The van der Waals surface area contributed by atoms with Crippen LogP contribution >= 0.6 is 34.5 Å². The molecule has 2 rings (SSSR count). The molecule has 0 saturated carbocycles. The summed E-state index contributed by atoms with van der Waals surface area (Å²) in [6, 6.07) is 1.70. The number of thiophene rings is 1. The van der Waals surface area contributed by atoms with Crippen molar-refractivity contribution in [2.75, 3.05) is 0 Å². The van der Waals surface area contributed by atoms with Crippen molar-refractivity contribution in [2.24, 2.45) is 0 Å². The van der Waals surface area contributed by atoms with Gasteiger partial charge in [-0.25, -0.2) is 0 Å². The maximum Gasteiger partial charge on any atom is 0.217 e. The third-order valence-electron chi connectivity index (χ3n) is 1.41. The Balaban J connectivity index is 2.39. The Kier molecular flexibility index (Phi) is 2.39. The van der Waals surface area contributed by atoms with E-state index in [9.17, 15) is 4.79 Å². The molecular weight excluding hydrogens is 228 g/mol. The predicted molar refractivity (Wildman–Crippen MR) is 52.7 cm³/mol. The fraction of sp³-hybridized carbons (Fsp3) is 0. The molecule has 0 unspecified atom stereocenters. The molecule has 0 spiro atoms. The lowest BCUT2D eigenvalue weighted by molar-refractivity contribution is 0.104. The average molecular weight is 231 g/mol. The first kappa shape index (κ1) is 8.80. The van der Waals surface area contributed by atoms with E-state index in [1.165, 1.54) is 17.5 Å². The lowest BCUT2D eigenvalue weighted by Crippen LogP contribution is -1.95. The second-order valence-electron chi connectivity index (χ2n) is 2.21. The zero-order valence-corrected chi connectivity index (χ0v) is 8.62. The van der Waals surface area contributed by atoms with Crippen LogP contribution in [-0.4, -0.2) is 15.4 Å². The van der Waals surface area contributed by atoms with Gasteiger partial charge in [-0.3, -0.25) is 4.79 Å². The highest BCUT2D eigenvalue weighted by atomic mass is 35.5. The van der Waals surface area contributed by atoms with Crippen molar-refractivity contribution in [3.63, 3.8) is 0 Å². The molecule has 0 aliphatic heterocycles. The summed E-state index contributed by atoms with van der Waals surface area (Å²) in [7, 11) is 0. The number of carbonyl (C=O) groups excluding carboxylic acids is 1. The number of aromatic nitrogens is 2. The van der Waals surface area contributed by atoms with Crippen LogP contribution in [-0.2, 0) is 0 Å². The molecule has 0 fully saturated rings. The second-order valence-corrected chi connectivity index (χ2v) is 4.32. The Morgan fingerprint density at radius 2 is 2.38 bits per heavy atom. The van der Waals surface area contributed by atoms with Crippen molar-refractivity contribution in [2.45, 2.75) is 0 Å². The van der Waals surface area contributed by atoms with Crippen LogP contribution in [0.2, 0.25) is 5.02 Å². The molecule has 0 aliphatic rings. The van der Waals surface area contributed by atoms with Crippen LogP contribution in [0.3, 0.4) is 0 Å². The summed E-state index contributed by atoms with van der Waals surface area (Å²) < 4.78 is 3.62. The van der Waals surface area contributed by atoms with Gasteiger partial charge in [-0.15, -0.1) is 16.4 Å². The zero-order valence-electron chi connectivity index (χ0n) is 6.23. The van der Waals surface area contributed by atoms with Crippen molar-refractivity contribution in [1.29, 1.82) is 0 Å². The van der Waals surface area contributed by atoms with Crippen LogP contribution in [0, 0.1) is 0 Å². The van der Waals surface area contributed by atoms with E-state index in [4.69, 9.17) is 11.6 Å². The van der Waals surface area contributed by atoms with E-state index in [0.717, 1.165) is 11.5 Å². The molecule has 0 atom stereocenters. The summed E-state index contributed by atoms with van der Waals surface area (Å²) in [5, 5.41) is 5.86. The number of nitrogens with zero attached hydrogens (tertiary/aromatic N) is 2. The van der Waals surface area contributed by atoms with E-state index < -0.39 is 0 Å². The molecule has 0 bridgehead atoms. The van der Waals surface area contributed by atoms with Gasteiger partial charge in [0.2, 0.25) is 5.78 Å². The molecular formula is C7H3ClN2OS2. The first-order valence-corrected chi connectivity index (χ1v) is 5.37. The standard InChI is InChI=1S/C7H3ClN2OS2/c8-4-1-2-12-7(4)6(11)5-3-9-10-13-5/h1-3H. The van der Waals surface area contributed by atoms with Crippen LogP contribution in [0.25, 0.3) is 0 Å². The van der Waals surface area contributed by atoms with Crippen molar-refractivity contribution < 1.29 is 4.79 Å². The van der Waals surface area contributed by atoms with Gasteiger partial charge >= 0.3 is 0 Å². The Hall–Kier alpha value is -0.780. The van der Waals surface area contributed by atoms with Crippen molar-refractivity contribution in [1.82, 2.24) is 9.59 Å². The molecule has 0 aliphatic carbocycles. The summed E-state index contributed by atoms with van der Waals surface area (Å²) in [5.74, 6) is -0.102. The maximum atomic E-state index is 11.6. The van der Waals surface area contributed by atoms with Gasteiger partial charge in [0, 0.05) is 0 Å². The Labute approximate surface area is 87.1 Å². The minimum Gasteiger partial charge on any atom is -0.287 e. The molecule has 2 aromatic heterocycles. The molecule has 6 heteroatoms. The second kappa shape index (κ2) is 3.53. The predicted octanol–water partition coefficient (Wildman–Crippen LogP) is 2.48. The highest BCUT2D eigenvalue weighted by molar-refractivity contribution is 7.14. The van der Waals surface area contributed by atoms with Gasteiger partial charge < -0.3 is 0 Å². The van der Waals surface area contributed by atoms with Gasteiger partial charge in [0.15, 0.2) is 0 Å². The summed E-state index contributed by atoms with van der Waals surface area (Å²) in [6.07, 6.45) is 1.45. The van der Waals surface area contributed by atoms with Crippen molar-refractivity contribution in [3.8, 4) is 0 Å².